The minimum absolute atomic E-state index is 0. The molecule has 1 aromatic carbocycles. The lowest BCUT2D eigenvalue weighted by Crippen LogP contribution is -2.39. The topological polar surface area (TPSA) is 75.2 Å². The Hall–Kier alpha value is -1.39. The molecule has 1 fully saturated rings. The summed E-state index contributed by atoms with van der Waals surface area (Å²) in [7, 11) is 5.12. The monoisotopic (exact) mass is 490 g/mol. The van der Waals surface area contributed by atoms with Crippen molar-refractivity contribution >= 4 is 35.8 Å². The molecule has 152 valence electrons. The van der Waals surface area contributed by atoms with Gasteiger partial charge in [-0.05, 0) is 24.1 Å². The van der Waals surface area contributed by atoms with Gasteiger partial charge >= 0.3 is 0 Å². The highest BCUT2D eigenvalue weighted by Crippen LogP contribution is 2.17. The van der Waals surface area contributed by atoms with Gasteiger partial charge in [-0.25, -0.2) is 0 Å². The van der Waals surface area contributed by atoms with Crippen molar-refractivity contribution < 1.29 is 14.3 Å². The lowest BCUT2D eigenvalue weighted by molar-refractivity contribution is 0.0536. The molecule has 0 aliphatic carbocycles. The molecule has 1 unspecified atom stereocenters. The van der Waals surface area contributed by atoms with Gasteiger partial charge in [0.2, 0.25) is 0 Å². The normalized spacial score (nSPS) is 16.8. The number of nitrogens with zero attached hydrogens (tertiary/aromatic N) is 2. The zero-order valence-electron chi connectivity index (χ0n) is 16.4. The van der Waals surface area contributed by atoms with Crippen LogP contribution in [0, 0.1) is 5.92 Å². The van der Waals surface area contributed by atoms with E-state index in [2.05, 4.69) is 20.5 Å². The molecule has 27 heavy (non-hydrogen) atoms. The predicted octanol–water partition coefficient (Wildman–Crippen LogP) is 1.72. The summed E-state index contributed by atoms with van der Waals surface area (Å²) in [5.41, 5.74) is 1.71. The van der Waals surface area contributed by atoms with Crippen LogP contribution in [0.15, 0.2) is 29.3 Å². The van der Waals surface area contributed by atoms with Crippen LogP contribution in [-0.4, -0.2) is 70.9 Å². The first kappa shape index (κ1) is 23.6. The maximum absolute atomic E-state index is 11.7. The van der Waals surface area contributed by atoms with Crippen molar-refractivity contribution in [3.05, 3.63) is 35.4 Å². The number of halogens is 1. The zero-order valence-corrected chi connectivity index (χ0v) is 18.7. The molecule has 1 saturated heterocycles. The second kappa shape index (κ2) is 12.9. The first-order valence-electron chi connectivity index (χ1n) is 9.01. The van der Waals surface area contributed by atoms with Gasteiger partial charge in [-0.2, -0.15) is 0 Å². The molecule has 0 bridgehead atoms. The zero-order chi connectivity index (χ0) is 18.8. The number of methoxy groups -OCH3 is 1. The predicted molar refractivity (Wildman–Crippen MR) is 118 cm³/mol. The van der Waals surface area contributed by atoms with E-state index in [0.717, 1.165) is 37.6 Å². The number of aliphatic imine (C=N–C) groups is 1. The number of nitrogens with one attached hydrogen (secondary N) is 2. The van der Waals surface area contributed by atoms with Crippen molar-refractivity contribution in [2.24, 2.45) is 10.9 Å². The summed E-state index contributed by atoms with van der Waals surface area (Å²) < 4.78 is 10.6. The van der Waals surface area contributed by atoms with Gasteiger partial charge < -0.3 is 25.0 Å². The molecule has 1 aliphatic heterocycles. The van der Waals surface area contributed by atoms with Crippen LogP contribution in [0.1, 0.15) is 22.3 Å². The summed E-state index contributed by atoms with van der Waals surface area (Å²) in [5, 5.41) is 6.04. The maximum atomic E-state index is 11.7. The average molecular weight is 490 g/mol. The number of rotatable bonds is 8. The fourth-order valence-electron chi connectivity index (χ4n) is 3.03. The third-order valence-electron chi connectivity index (χ3n) is 4.45. The van der Waals surface area contributed by atoms with Gasteiger partial charge in [0.15, 0.2) is 5.96 Å². The highest BCUT2D eigenvalue weighted by atomic mass is 127. The number of amides is 1. The Morgan fingerprint density at radius 2 is 2.19 bits per heavy atom. The molecule has 1 aromatic rings. The molecule has 0 radical (unpaired) electrons. The fraction of sp³-hybridized carbons (Fsp3) is 0.579. The van der Waals surface area contributed by atoms with Crippen LogP contribution in [0.5, 0.6) is 0 Å². The minimum Gasteiger partial charge on any atom is -0.382 e. The van der Waals surface area contributed by atoms with E-state index >= 15 is 0 Å². The van der Waals surface area contributed by atoms with Crippen LogP contribution in [0.3, 0.4) is 0 Å². The summed E-state index contributed by atoms with van der Waals surface area (Å²) in [6.45, 7) is 4.56. The molecule has 2 rings (SSSR count). The van der Waals surface area contributed by atoms with Crippen LogP contribution < -0.4 is 10.6 Å². The van der Waals surface area contributed by atoms with Crippen LogP contribution in [0.2, 0.25) is 0 Å². The van der Waals surface area contributed by atoms with Crippen molar-refractivity contribution in [2.45, 2.75) is 13.0 Å². The Kier molecular flexibility index (Phi) is 11.3. The number of ether oxygens (including phenoxy) is 2. The molecule has 1 heterocycles. The largest absolute Gasteiger partial charge is 0.382 e. The van der Waals surface area contributed by atoms with Gasteiger partial charge in [-0.3, -0.25) is 9.79 Å². The first-order valence-corrected chi connectivity index (χ1v) is 9.01. The fourth-order valence-corrected chi connectivity index (χ4v) is 3.03. The molecule has 1 atom stereocenters. The Bertz CT molecular complexity index is 612. The SMILES string of the molecule is CN=C(NCc1cccc(C(=O)NC)c1)N1CCC(COCCOC)C1.I. The molecule has 1 aliphatic rings. The van der Waals surface area contributed by atoms with Gasteiger partial charge in [0.05, 0.1) is 19.8 Å². The van der Waals surface area contributed by atoms with Crippen molar-refractivity contribution in [1.82, 2.24) is 15.5 Å². The first-order chi connectivity index (χ1) is 12.7. The second-order valence-electron chi connectivity index (χ2n) is 6.35. The number of guanidine groups is 1. The highest BCUT2D eigenvalue weighted by molar-refractivity contribution is 14.0. The number of hydrogen-bond acceptors (Lipinski definition) is 4. The second-order valence-corrected chi connectivity index (χ2v) is 6.35. The minimum atomic E-state index is -0.0768. The summed E-state index contributed by atoms with van der Waals surface area (Å²) in [6, 6.07) is 7.61. The van der Waals surface area contributed by atoms with Gasteiger partial charge in [0, 0.05) is 52.3 Å². The van der Waals surface area contributed by atoms with Crippen molar-refractivity contribution in [3.63, 3.8) is 0 Å². The van der Waals surface area contributed by atoms with E-state index in [1.807, 2.05) is 24.3 Å². The maximum Gasteiger partial charge on any atom is 0.251 e. The van der Waals surface area contributed by atoms with E-state index in [4.69, 9.17) is 9.47 Å². The number of carbonyl (C=O) groups is 1. The van der Waals surface area contributed by atoms with E-state index in [0.29, 0.717) is 31.2 Å². The summed E-state index contributed by atoms with van der Waals surface area (Å²) in [6.07, 6.45) is 1.10. The summed E-state index contributed by atoms with van der Waals surface area (Å²) >= 11 is 0. The third kappa shape index (κ3) is 7.63. The average Bonchev–Trinajstić information content (AvgIpc) is 3.14. The number of benzene rings is 1. The lowest BCUT2D eigenvalue weighted by atomic mass is 10.1. The Balaban J connectivity index is 0.00000364. The van der Waals surface area contributed by atoms with Crippen LogP contribution in [-0.2, 0) is 16.0 Å². The molecule has 2 N–H and O–H groups in total. The van der Waals surface area contributed by atoms with Crippen molar-refractivity contribution in [3.8, 4) is 0 Å². The van der Waals surface area contributed by atoms with Gasteiger partial charge in [0.25, 0.3) is 5.91 Å². The van der Waals surface area contributed by atoms with Crippen molar-refractivity contribution in [1.29, 1.82) is 0 Å². The number of hydrogen-bond donors (Lipinski definition) is 2. The highest BCUT2D eigenvalue weighted by Gasteiger charge is 2.24. The van der Waals surface area contributed by atoms with E-state index in [1.54, 1.807) is 21.2 Å². The van der Waals surface area contributed by atoms with Crippen LogP contribution >= 0.6 is 24.0 Å². The van der Waals surface area contributed by atoms with E-state index < -0.39 is 0 Å². The van der Waals surface area contributed by atoms with Gasteiger partial charge in [-0.15, -0.1) is 24.0 Å². The third-order valence-corrected chi connectivity index (χ3v) is 4.45. The standard InChI is InChI=1S/C19H30N4O3.HI/c1-20-18(24)17-6-4-5-15(11-17)12-22-19(21-2)23-8-7-16(13-23)14-26-10-9-25-3;/h4-6,11,16H,7-10,12-14H2,1-3H3,(H,20,24)(H,21,22);1H. The van der Waals surface area contributed by atoms with Crippen molar-refractivity contribution in [2.75, 3.05) is 54.1 Å². The molecule has 0 aromatic heterocycles. The lowest BCUT2D eigenvalue weighted by Gasteiger charge is -2.22. The van der Waals surface area contributed by atoms with Gasteiger partial charge in [-0.1, -0.05) is 12.1 Å². The molecule has 7 nitrogen and oxygen atoms in total. The summed E-state index contributed by atoms with van der Waals surface area (Å²) in [4.78, 5) is 18.4. The Morgan fingerprint density at radius 3 is 2.89 bits per heavy atom. The quantitative estimate of drug-likeness (QED) is 0.251. The molecule has 0 saturated carbocycles. The molecule has 0 spiro atoms. The van der Waals surface area contributed by atoms with E-state index in [1.165, 1.54) is 0 Å². The Labute approximate surface area is 178 Å². The van der Waals surface area contributed by atoms with Gasteiger partial charge in [0.1, 0.15) is 0 Å². The Morgan fingerprint density at radius 1 is 1.37 bits per heavy atom. The molecular weight excluding hydrogens is 459 g/mol. The molecular formula is C19H31IN4O3. The number of likely N-dealkylation sites (tertiary alicyclic amines) is 1. The smallest absolute Gasteiger partial charge is 0.251 e. The van der Waals surface area contributed by atoms with Crippen LogP contribution in [0.4, 0.5) is 0 Å². The van der Waals surface area contributed by atoms with E-state index in [-0.39, 0.29) is 29.9 Å². The summed E-state index contributed by atoms with van der Waals surface area (Å²) in [5.74, 6) is 1.32. The van der Waals surface area contributed by atoms with Crippen LogP contribution in [0.25, 0.3) is 0 Å². The molecule has 1 amide bonds. The van der Waals surface area contributed by atoms with E-state index in [9.17, 15) is 4.79 Å². The molecule has 8 heteroatoms. The number of carbonyl (C=O) groups excluding carboxylic acids is 1.